The highest BCUT2D eigenvalue weighted by Crippen LogP contribution is 2.16. The topological polar surface area (TPSA) is 34.1 Å². The van der Waals surface area contributed by atoms with Crippen LogP contribution >= 0.6 is 0 Å². The van der Waals surface area contributed by atoms with Gasteiger partial charge in [0.1, 0.15) is 0 Å². The van der Waals surface area contributed by atoms with Gasteiger partial charge in [0.25, 0.3) is 0 Å². The first kappa shape index (κ1) is 14.2. The second-order valence-electron chi connectivity index (χ2n) is 5.10. The molecule has 0 aromatic heterocycles. The Labute approximate surface area is 119 Å². The molecule has 2 nitrogen and oxygen atoms in total. The van der Waals surface area contributed by atoms with Crippen molar-refractivity contribution in [3.63, 3.8) is 0 Å². The molecule has 0 aliphatic heterocycles. The number of ketones is 1. The van der Waals surface area contributed by atoms with Crippen molar-refractivity contribution >= 4 is 12.1 Å². The predicted molar refractivity (Wildman–Crippen MR) is 79.6 cm³/mol. The predicted octanol–water partition coefficient (Wildman–Crippen LogP) is 3.45. The van der Waals surface area contributed by atoms with Crippen molar-refractivity contribution in [1.29, 1.82) is 0 Å². The van der Waals surface area contributed by atoms with Crippen LogP contribution in [0.3, 0.4) is 0 Å². The van der Waals surface area contributed by atoms with E-state index in [2.05, 4.69) is 0 Å². The van der Waals surface area contributed by atoms with E-state index < -0.39 is 5.92 Å². The summed E-state index contributed by atoms with van der Waals surface area (Å²) in [6.45, 7) is 3.89. The van der Waals surface area contributed by atoms with Gasteiger partial charge in [-0.05, 0) is 38.0 Å². The summed E-state index contributed by atoms with van der Waals surface area (Å²) in [5.41, 5.74) is 3.61. The highest BCUT2D eigenvalue weighted by molar-refractivity contribution is 6.05. The molecule has 0 aliphatic rings. The van der Waals surface area contributed by atoms with E-state index in [1.165, 1.54) is 0 Å². The zero-order chi connectivity index (χ0) is 14.5. The van der Waals surface area contributed by atoms with E-state index in [0.717, 1.165) is 16.7 Å². The Kier molecular flexibility index (Phi) is 4.46. The SMILES string of the molecule is Cc1cc(C)cc(C(=O)C([C]=O)Cc2ccccc2)c1. The maximum Gasteiger partial charge on any atom is 0.210 e. The Morgan fingerprint density at radius 1 is 1.05 bits per heavy atom. The van der Waals surface area contributed by atoms with Crippen LogP contribution in [0.25, 0.3) is 0 Å². The lowest BCUT2D eigenvalue weighted by Gasteiger charge is -2.10. The molecular weight excluding hydrogens is 248 g/mol. The van der Waals surface area contributed by atoms with Gasteiger partial charge in [-0.2, -0.15) is 0 Å². The molecule has 1 unspecified atom stereocenters. The number of benzene rings is 2. The molecular formula is C18H17O2. The van der Waals surface area contributed by atoms with Crippen LogP contribution in [0, 0.1) is 19.8 Å². The van der Waals surface area contributed by atoms with Gasteiger partial charge in [-0.25, -0.2) is 0 Å². The van der Waals surface area contributed by atoms with E-state index in [0.29, 0.717) is 12.0 Å². The molecule has 2 rings (SSSR count). The summed E-state index contributed by atoms with van der Waals surface area (Å²) in [7, 11) is 0. The zero-order valence-corrected chi connectivity index (χ0v) is 11.7. The van der Waals surface area contributed by atoms with Crippen molar-refractivity contribution in [2.24, 2.45) is 5.92 Å². The van der Waals surface area contributed by atoms with Crippen molar-refractivity contribution in [1.82, 2.24) is 0 Å². The Morgan fingerprint density at radius 3 is 2.20 bits per heavy atom. The second kappa shape index (κ2) is 6.29. The quantitative estimate of drug-likeness (QED) is 0.613. The van der Waals surface area contributed by atoms with Crippen molar-refractivity contribution in [3.05, 3.63) is 70.8 Å². The molecule has 0 bridgehead atoms. The molecule has 0 N–H and O–H groups in total. The summed E-state index contributed by atoms with van der Waals surface area (Å²) >= 11 is 0. The molecule has 101 valence electrons. The minimum Gasteiger partial charge on any atom is -0.293 e. The normalized spacial score (nSPS) is 11.9. The van der Waals surface area contributed by atoms with E-state index in [9.17, 15) is 9.59 Å². The lowest BCUT2D eigenvalue weighted by molar-refractivity contribution is 0.0952. The van der Waals surface area contributed by atoms with Crippen LogP contribution in [-0.2, 0) is 11.2 Å². The standard InChI is InChI=1S/C18H17O2/c1-13-8-14(2)10-16(9-13)18(20)17(12-19)11-15-6-4-3-5-7-15/h3-10,17H,11H2,1-2H3. The zero-order valence-electron chi connectivity index (χ0n) is 11.7. The Balaban J connectivity index is 2.23. The van der Waals surface area contributed by atoms with Crippen LogP contribution in [-0.4, -0.2) is 12.1 Å². The first-order valence-electron chi connectivity index (χ1n) is 6.64. The van der Waals surface area contributed by atoms with Crippen molar-refractivity contribution in [3.8, 4) is 0 Å². The third kappa shape index (κ3) is 3.41. The van der Waals surface area contributed by atoms with Gasteiger partial charge in [0.05, 0.1) is 5.92 Å². The highest BCUT2D eigenvalue weighted by atomic mass is 16.1. The molecule has 2 aromatic rings. The summed E-state index contributed by atoms with van der Waals surface area (Å²) in [4.78, 5) is 23.6. The highest BCUT2D eigenvalue weighted by Gasteiger charge is 2.21. The molecule has 0 amide bonds. The summed E-state index contributed by atoms with van der Waals surface area (Å²) < 4.78 is 0. The van der Waals surface area contributed by atoms with Crippen molar-refractivity contribution in [2.45, 2.75) is 20.3 Å². The largest absolute Gasteiger partial charge is 0.293 e. The molecule has 0 fully saturated rings. The summed E-state index contributed by atoms with van der Waals surface area (Å²) in [6.07, 6.45) is 2.29. The first-order chi connectivity index (χ1) is 9.60. The van der Waals surface area contributed by atoms with Crippen molar-refractivity contribution < 1.29 is 9.59 Å². The van der Waals surface area contributed by atoms with Gasteiger partial charge >= 0.3 is 0 Å². The van der Waals surface area contributed by atoms with Gasteiger partial charge in [0.2, 0.25) is 6.29 Å². The second-order valence-corrected chi connectivity index (χ2v) is 5.10. The van der Waals surface area contributed by atoms with E-state index in [-0.39, 0.29) is 5.78 Å². The van der Waals surface area contributed by atoms with Crippen LogP contribution < -0.4 is 0 Å². The number of carbonyl (C=O) groups is 1. The fourth-order valence-electron chi connectivity index (χ4n) is 2.36. The molecule has 1 atom stereocenters. The van der Waals surface area contributed by atoms with Gasteiger partial charge in [-0.3, -0.25) is 9.59 Å². The molecule has 0 spiro atoms. The van der Waals surface area contributed by atoms with E-state index in [1.807, 2.05) is 68.7 Å². The lowest BCUT2D eigenvalue weighted by Crippen LogP contribution is -2.19. The van der Waals surface area contributed by atoms with Crippen molar-refractivity contribution in [2.75, 3.05) is 0 Å². The molecule has 2 heteroatoms. The van der Waals surface area contributed by atoms with Crippen LogP contribution in [0.15, 0.2) is 48.5 Å². The van der Waals surface area contributed by atoms with Gasteiger partial charge in [-0.1, -0.05) is 47.5 Å². The van der Waals surface area contributed by atoms with Gasteiger partial charge in [0.15, 0.2) is 5.78 Å². The van der Waals surface area contributed by atoms with Crippen LogP contribution in [0.2, 0.25) is 0 Å². The van der Waals surface area contributed by atoms with E-state index in [4.69, 9.17) is 0 Å². The molecule has 0 aliphatic carbocycles. The maximum absolute atomic E-state index is 12.4. The molecule has 0 saturated heterocycles. The average Bonchev–Trinajstić information content (AvgIpc) is 2.44. The number of aryl methyl sites for hydroxylation is 2. The minimum atomic E-state index is -0.737. The van der Waals surface area contributed by atoms with Gasteiger partial charge in [0, 0.05) is 5.56 Å². The molecule has 0 saturated carbocycles. The van der Waals surface area contributed by atoms with Crippen LogP contribution in [0.5, 0.6) is 0 Å². The summed E-state index contributed by atoms with van der Waals surface area (Å²) in [5, 5.41) is 0. The van der Waals surface area contributed by atoms with Crippen LogP contribution in [0.4, 0.5) is 0 Å². The maximum atomic E-state index is 12.4. The summed E-state index contributed by atoms with van der Waals surface area (Å²) in [5.74, 6) is -0.894. The van der Waals surface area contributed by atoms with E-state index >= 15 is 0 Å². The summed E-state index contributed by atoms with van der Waals surface area (Å²) in [6, 6.07) is 15.2. The smallest absolute Gasteiger partial charge is 0.210 e. The average molecular weight is 265 g/mol. The molecule has 2 aromatic carbocycles. The van der Waals surface area contributed by atoms with Crippen LogP contribution in [0.1, 0.15) is 27.0 Å². The monoisotopic (exact) mass is 265 g/mol. The number of carbonyl (C=O) groups excluding carboxylic acids is 2. The van der Waals surface area contributed by atoms with Gasteiger partial charge in [-0.15, -0.1) is 0 Å². The molecule has 0 heterocycles. The third-order valence-electron chi connectivity index (χ3n) is 3.25. The Hall–Kier alpha value is -2.22. The lowest BCUT2D eigenvalue weighted by atomic mass is 9.91. The van der Waals surface area contributed by atoms with Gasteiger partial charge < -0.3 is 0 Å². The number of hydrogen-bond donors (Lipinski definition) is 0. The number of Topliss-reactive ketones (excluding diaryl/α,β-unsaturated/α-hetero) is 1. The third-order valence-corrected chi connectivity index (χ3v) is 3.25. The first-order valence-corrected chi connectivity index (χ1v) is 6.64. The minimum absolute atomic E-state index is 0.157. The molecule has 1 radical (unpaired) electrons. The Morgan fingerprint density at radius 2 is 1.65 bits per heavy atom. The Bertz CT molecular complexity index is 594. The number of rotatable bonds is 5. The fourth-order valence-corrected chi connectivity index (χ4v) is 2.36. The van der Waals surface area contributed by atoms with E-state index in [1.54, 1.807) is 0 Å². The fraction of sp³-hybridized carbons (Fsp3) is 0.222. The molecule has 20 heavy (non-hydrogen) atoms. The number of hydrogen-bond acceptors (Lipinski definition) is 2.